The molecule has 0 saturated carbocycles. The van der Waals surface area contributed by atoms with Gasteiger partial charge in [-0.3, -0.25) is 14.9 Å². The number of benzene rings is 1. The lowest BCUT2D eigenvalue weighted by molar-refractivity contribution is -0.388. The number of carbonyl (C=O) groups is 1. The molecule has 0 N–H and O–H groups in total. The normalized spacial score (nSPS) is 12.2. The predicted molar refractivity (Wildman–Crippen MR) is 79.5 cm³/mol. The van der Waals surface area contributed by atoms with E-state index < -0.39 is 57.9 Å². The van der Waals surface area contributed by atoms with Crippen LogP contribution >= 0.6 is 0 Å². The minimum absolute atomic E-state index is 0.395. The van der Waals surface area contributed by atoms with Crippen LogP contribution in [0.2, 0.25) is 0 Å². The van der Waals surface area contributed by atoms with Gasteiger partial charge >= 0.3 is 5.97 Å². The Balaban J connectivity index is 3.36. The summed E-state index contributed by atoms with van der Waals surface area (Å²) in [6.07, 6.45) is 0.292. The van der Waals surface area contributed by atoms with Crippen LogP contribution in [-0.2, 0) is 29.2 Å². The molecule has 0 aromatic heterocycles. The average molecular weight is 365 g/mol. The lowest BCUT2D eigenvalue weighted by Crippen LogP contribution is -2.22. The molecule has 0 atom stereocenters. The molecular formula is C12H15NO8S2. The van der Waals surface area contributed by atoms with Gasteiger partial charge in [0.15, 0.2) is 25.4 Å². The summed E-state index contributed by atoms with van der Waals surface area (Å²) in [5.74, 6) is -2.13. The third-order valence-electron chi connectivity index (χ3n) is 2.57. The van der Waals surface area contributed by atoms with Crippen molar-refractivity contribution >= 4 is 31.3 Å². The van der Waals surface area contributed by atoms with Crippen LogP contribution in [0.15, 0.2) is 28.0 Å². The van der Waals surface area contributed by atoms with Gasteiger partial charge < -0.3 is 4.74 Å². The largest absolute Gasteiger partial charge is 0.462 e. The van der Waals surface area contributed by atoms with E-state index in [-0.39, 0.29) is 0 Å². The number of carbonyl (C=O) groups excluding carboxylic acids is 1. The molecule has 0 aliphatic carbocycles. The minimum Gasteiger partial charge on any atom is -0.462 e. The quantitative estimate of drug-likeness (QED) is 0.408. The average Bonchev–Trinajstić information content (AvgIpc) is 2.34. The fourth-order valence-corrected chi connectivity index (χ4v) is 3.57. The second kappa shape index (κ2) is 6.62. The van der Waals surface area contributed by atoms with E-state index in [2.05, 4.69) is 0 Å². The van der Waals surface area contributed by atoms with Crippen molar-refractivity contribution in [2.75, 3.05) is 12.0 Å². The third-order valence-corrected chi connectivity index (χ3v) is 5.31. The minimum atomic E-state index is -4.35. The van der Waals surface area contributed by atoms with Crippen molar-refractivity contribution in [2.24, 2.45) is 0 Å². The number of hydrogen-bond donors (Lipinski definition) is 0. The second-order valence-corrected chi connectivity index (χ2v) is 8.93. The van der Waals surface area contributed by atoms with Crippen molar-refractivity contribution in [3.8, 4) is 0 Å². The maximum Gasteiger partial charge on any atom is 0.321 e. The second-order valence-electron chi connectivity index (χ2n) is 4.96. The van der Waals surface area contributed by atoms with Gasteiger partial charge in [-0.15, -0.1) is 0 Å². The van der Waals surface area contributed by atoms with Crippen LogP contribution in [0.25, 0.3) is 0 Å². The van der Waals surface area contributed by atoms with Crippen molar-refractivity contribution in [1.29, 1.82) is 0 Å². The summed E-state index contributed by atoms with van der Waals surface area (Å²) in [7, 11) is -8.11. The molecule has 1 aromatic carbocycles. The summed E-state index contributed by atoms with van der Waals surface area (Å²) in [5.41, 5.74) is -0.912. The first-order valence-electron chi connectivity index (χ1n) is 6.25. The fourth-order valence-electron chi connectivity index (χ4n) is 1.66. The monoisotopic (exact) mass is 365 g/mol. The van der Waals surface area contributed by atoms with E-state index in [0.29, 0.717) is 6.07 Å². The highest BCUT2D eigenvalue weighted by atomic mass is 32.2. The molecular weight excluding hydrogens is 350 g/mol. The molecule has 0 radical (unpaired) electrons. The highest BCUT2D eigenvalue weighted by molar-refractivity contribution is 7.92. The van der Waals surface area contributed by atoms with Gasteiger partial charge in [-0.2, -0.15) is 0 Å². The zero-order valence-electron chi connectivity index (χ0n) is 12.5. The Bertz CT molecular complexity index is 840. The van der Waals surface area contributed by atoms with Gasteiger partial charge in [0.05, 0.1) is 15.9 Å². The topological polar surface area (TPSA) is 138 Å². The number of hydrogen-bond acceptors (Lipinski definition) is 8. The molecule has 1 rings (SSSR count). The van der Waals surface area contributed by atoms with Crippen LogP contribution < -0.4 is 0 Å². The number of sulfone groups is 2. The molecule has 11 heteroatoms. The van der Waals surface area contributed by atoms with Crippen molar-refractivity contribution < 1.29 is 31.3 Å². The van der Waals surface area contributed by atoms with E-state index >= 15 is 0 Å². The molecule has 0 amide bonds. The summed E-state index contributed by atoms with van der Waals surface area (Å²) in [5, 5.41) is 11.0. The standard InChI is InChI=1S/C12H15NO8S2/c1-8(2)21-12(14)7-23(19,20)11-5-4-9(22(3,17)18)6-10(11)13(15)16/h4-6,8H,7H2,1-3H3. The maximum absolute atomic E-state index is 12.2. The Hall–Kier alpha value is -2.01. The first-order valence-corrected chi connectivity index (χ1v) is 9.79. The molecule has 0 bridgehead atoms. The molecule has 0 heterocycles. The van der Waals surface area contributed by atoms with Crippen molar-refractivity contribution in [3.63, 3.8) is 0 Å². The van der Waals surface area contributed by atoms with Gasteiger partial charge in [-0.25, -0.2) is 16.8 Å². The highest BCUT2D eigenvalue weighted by Gasteiger charge is 2.30. The van der Waals surface area contributed by atoms with Crippen LogP contribution in [0.3, 0.4) is 0 Å². The SMILES string of the molecule is CC(C)OC(=O)CS(=O)(=O)c1ccc(S(C)(=O)=O)cc1[N+](=O)[O-]. The summed E-state index contributed by atoms with van der Waals surface area (Å²) in [6, 6.07) is 2.38. The van der Waals surface area contributed by atoms with Crippen molar-refractivity contribution in [2.45, 2.75) is 29.7 Å². The molecule has 9 nitrogen and oxygen atoms in total. The number of nitro groups is 1. The van der Waals surface area contributed by atoms with Crippen LogP contribution in [0.1, 0.15) is 13.8 Å². The van der Waals surface area contributed by atoms with Gasteiger partial charge in [0.2, 0.25) is 0 Å². The Morgan fingerprint density at radius 3 is 2.26 bits per heavy atom. The maximum atomic E-state index is 12.2. The summed E-state index contributed by atoms with van der Waals surface area (Å²) in [6.45, 7) is 3.04. The molecule has 1 aromatic rings. The van der Waals surface area contributed by atoms with Gasteiger partial charge in [0, 0.05) is 12.3 Å². The van der Waals surface area contributed by atoms with Gasteiger partial charge in [0.25, 0.3) is 5.69 Å². The van der Waals surface area contributed by atoms with Gasteiger partial charge in [-0.05, 0) is 26.0 Å². The van der Waals surface area contributed by atoms with Gasteiger partial charge in [-0.1, -0.05) is 0 Å². The fraction of sp³-hybridized carbons (Fsp3) is 0.417. The molecule has 0 fully saturated rings. The van der Waals surface area contributed by atoms with E-state index in [1.54, 1.807) is 0 Å². The Kier molecular flexibility index (Phi) is 5.48. The number of ether oxygens (including phenoxy) is 1. The first kappa shape index (κ1) is 19.0. The molecule has 128 valence electrons. The van der Waals surface area contributed by atoms with Gasteiger partial charge in [0.1, 0.15) is 4.90 Å². The Morgan fingerprint density at radius 2 is 1.83 bits per heavy atom. The molecule has 23 heavy (non-hydrogen) atoms. The smallest absolute Gasteiger partial charge is 0.321 e. The molecule has 0 aliphatic rings. The summed E-state index contributed by atoms with van der Waals surface area (Å²) >= 11 is 0. The molecule has 0 saturated heterocycles. The van der Waals surface area contributed by atoms with Crippen LogP contribution in [0, 0.1) is 10.1 Å². The van der Waals surface area contributed by atoms with E-state index in [9.17, 15) is 31.7 Å². The summed E-state index contributed by atoms with van der Waals surface area (Å²) in [4.78, 5) is 20.4. The number of nitrogens with zero attached hydrogens (tertiary/aromatic N) is 1. The number of nitro benzene ring substituents is 1. The van der Waals surface area contributed by atoms with Crippen molar-refractivity contribution in [1.82, 2.24) is 0 Å². The lowest BCUT2D eigenvalue weighted by Gasteiger charge is -2.09. The molecule has 0 aliphatic heterocycles. The first-order chi connectivity index (χ1) is 10.3. The van der Waals surface area contributed by atoms with Crippen LogP contribution in [0.5, 0.6) is 0 Å². The Morgan fingerprint density at radius 1 is 1.26 bits per heavy atom. The van der Waals surface area contributed by atoms with E-state index in [0.717, 1.165) is 18.4 Å². The third kappa shape index (κ3) is 4.99. The molecule has 0 spiro atoms. The van der Waals surface area contributed by atoms with Crippen molar-refractivity contribution in [3.05, 3.63) is 28.3 Å². The van der Waals surface area contributed by atoms with E-state index in [4.69, 9.17) is 4.74 Å². The number of rotatable bonds is 6. The van der Waals surface area contributed by atoms with Crippen LogP contribution in [-0.4, -0.2) is 45.8 Å². The molecule has 0 unspecified atom stereocenters. The highest BCUT2D eigenvalue weighted by Crippen LogP contribution is 2.28. The van der Waals surface area contributed by atoms with E-state index in [1.165, 1.54) is 13.8 Å². The van der Waals surface area contributed by atoms with Crippen LogP contribution in [0.4, 0.5) is 5.69 Å². The number of esters is 1. The zero-order chi connectivity index (χ0) is 18.0. The zero-order valence-corrected chi connectivity index (χ0v) is 14.2. The summed E-state index contributed by atoms with van der Waals surface area (Å²) < 4.78 is 51.9. The van der Waals surface area contributed by atoms with E-state index in [1.807, 2.05) is 0 Å². The Labute approximate surface area is 133 Å². The predicted octanol–water partition coefficient (Wildman–Crippen LogP) is 0.724. The lowest BCUT2D eigenvalue weighted by atomic mass is 10.3.